The van der Waals surface area contributed by atoms with Gasteiger partial charge in [0, 0.05) is 28.8 Å². The second kappa shape index (κ2) is 9.49. The third-order valence-corrected chi connectivity index (χ3v) is 7.01. The molecule has 0 spiro atoms. The predicted molar refractivity (Wildman–Crippen MR) is 125 cm³/mol. The van der Waals surface area contributed by atoms with Crippen molar-refractivity contribution in [3.8, 4) is 11.3 Å². The van der Waals surface area contributed by atoms with Crippen LogP contribution in [0.4, 0.5) is 10.7 Å². The number of nitrogens with zero attached hydrogens (tertiary/aromatic N) is 2. The summed E-state index contributed by atoms with van der Waals surface area (Å²) in [7, 11) is 0. The van der Waals surface area contributed by atoms with Gasteiger partial charge in [-0.05, 0) is 25.8 Å². The minimum absolute atomic E-state index is 0.0354. The van der Waals surface area contributed by atoms with Gasteiger partial charge < -0.3 is 10.6 Å². The molecule has 2 N–H and O–H groups in total. The Labute approximate surface area is 192 Å². The summed E-state index contributed by atoms with van der Waals surface area (Å²) in [5.74, 6) is -0.239. The summed E-state index contributed by atoms with van der Waals surface area (Å²) in [5.41, 5.74) is 1.83. The molecule has 8 nitrogen and oxygen atoms in total. The molecule has 0 saturated heterocycles. The molecule has 0 bridgehead atoms. The molecule has 1 aromatic heterocycles. The standard InChI is InChI=1S/C22H20N4O4S2/c1-13-16(8-5-9-17(13)26(29)30)20(28)25-21-19(14-6-3-2-4-7-14)24-22(32-21)31-12-18(27)23-15-10-11-15/h2-9,15H,10-12H2,1H3,(H,23,27)(H,25,28). The maximum Gasteiger partial charge on any atom is 0.273 e. The second-order valence-electron chi connectivity index (χ2n) is 7.31. The van der Waals surface area contributed by atoms with Gasteiger partial charge in [-0.1, -0.05) is 59.5 Å². The normalized spacial score (nSPS) is 12.9. The van der Waals surface area contributed by atoms with Gasteiger partial charge in [0.05, 0.1) is 10.7 Å². The molecule has 0 aliphatic heterocycles. The molecular weight excluding hydrogens is 448 g/mol. The Morgan fingerprint density at radius 3 is 2.62 bits per heavy atom. The lowest BCUT2D eigenvalue weighted by Gasteiger charge is -2.08. The van der Waals surface area contributed by atoms with Crippen LogP contribution in [0, 0.1) is 17.0 Å². The summed E-state index contributed by atoms with van der Waals surface area (Å²) in [6.45, 7) is 1.55. The molecule has 10 heteroatoms. The van der Waals surface area contributed by atoms with Gasteiger partial charge in [0.1, 0.15) is 10.7 Å². The first-order chi connectivity index (χ1) is 15.4. The van der Waals surface area contributed by atoms with Crippen LogP contribution in [-0.2, 0) is 4.79 Å². The van der Waals surface area contributed by atoms with Crippen molar-refractivity contribution in [1.82, 2.24) is 10.3 Å². The number of anilines is 1. The van der Waals surface area contributed by atoms with Crippen molar-refractivity contribution in [2.75, 3.05) is 11.1 Å². The molecule has 4 rings (SSSR count). The fraction of sp³-hybridized carbons (Fsp3) is 0.227. The van der Waals surface area contributed by atoms with Crippen molar-refractivity contribution < 1.29 is 14.5 Å². The fourth-order valence-electron chi connectivity index (χ4n) is 3.10. The van der Waals surface area contributed by atoms with Crippen LogP contribution in [0.5, 0.6) is 0 Å². The van der Waals surface area contributed by atoms with Crippen LogP contribution in [-0.4, -0.2) is 33.5 Å². The molecule has 1 aliphatic carbocycles. The summed E-state index contributed by atoms with van der Waals surface area (Å²) >= 11 is 2.59. The number of carbonyl (C=O) groups excluding carboxylic acids is 2. The van der Waals surface area contributed by atoms with Crippen molar-refractivity contribution in [3.63, 3.8) is 0 Å². The molecule has 0 atom stereocenters. The summed E-state index contributed by atoms with van der Waals surface area (Å²) in [5, 5.41) is 17.6. The van der Waals surface area contributed by atoms with Crippen LogP contribution < -0.4 is 10.6 Å². The Balaban J connectivity index is 1.58. The van der Waals surface area contributed by atoms with Crippen LogP contribution in [0.1, 0.15) is 28.8 Å². The zero-order valence-corrected chi connectivity index (χ0v) is 18.8. The Morgan fingerprint density at radius 2 is 1.94 bits per heavy atom. The highest BCUT2D eigenvalue weighted by Crippen LogP contribution is 2.38. The lowest BCUT2D eigenvalue weighted by molar-refractivity contribution is -0.385. The number of nitro benzene ring substituents is 1. The van der Waals surface area contributed by atoms with E-state index < -0.39 is 10.8 Å². The van der Waals surface area contributed by atoms with Crippen LogP contribution >= 0.6 is 23.1 Å². The van der Waals surface area contributed by atoms with E-state index in [1.54, 1.807) is 13.0 Å². The number of carbonyl (C=O) groups is 2. The van der Waals surface area contributed by atoms with E-state index in [0.29, 0.717) is 26.6 Å². The van der Waals surface area contributed by atoms with Crippen molar-refractivity contribution in [1.29, 1.82) is 0 Å². The number of rotatable bonds is 8. The summed E-state index contributed by atoms with van der Waals surface area (Å²) in [6.07, 6.45) is 2.05. The number of nitro groups is 1. The van der Waals surface area contributed by atoms with Gasteiger partial charge >= 0.3 is 0 Å². The number of thioether (sulfide) groups is 1. The molecule has 0 radical (unpaired) electrons. The van der Waals surface area contributed by atoms with Gasteiger partial charge in [0.15, 0.2) is 4.34 Å². The average Bonchev–Trinajstić information content (AvgIpc) is 3.50. The van der Waals surface area contributed by atoms with Gasteiger partial charge in [-0.3, -0.25) is 19.7 Å². The molecular formula is C22H20N4O4S2. The predicted octanol–water partition coefficient (Wildman–Crippen LogP) is 4.65. The zero-order valence-electron chi connectivity index (χ0n) is 17.2. The molecule has 2 amide bonds. The molecule has 2 aromatic carbocycles. The SMILES string of the molecule is Cc1c(C(=O)Nc2sc(SCC(=O)NC3CC3)nc2-c2ccccc2)cccc1[N+](=O)[O-]. The van der Waals surface area contributed by atoms with E-state index in [4.69, 9.17) is 0 Å². The highest BCUT2D eigenvalue weighted by Gasteiger charge is 2.24. The number of hydrogen-bond acceptors (Lipinski definition) is 7. The zero-order chi connectivity index (χ0) is 22.7. The lowest BCUT2D eigenvalue weighted by atomic mass is 10.1. The molecule has 1 heterocycles. The highest BCUT2D eigenvalue weighted by atomic mass is 32.2. The van der Waals surface area contributed by atoms with Crippen molar-refractivity contribution in [2.24, 2.45) is 0 Å². The second-order valence-corrected chi connectivity index (χ2v) is 9.54. The maximum atomic E-state index is 13.0. The van der Waals surface area contributed by atoms with Gasteiger partial charge in [-0.15, -0.1) is 0 Å². The Hall–Kier alpha value is -3.24. The molecule has 1 aliphatic rings. The van der Waals surface area contributed by atoms with Gasteiger partial charge in [0.25, 0.3) is 11.6 Å². The Bertz CT molecular complexity index is 1180. The highest BCUT2D eigenvalue weighted by molar-refractivity contribution is 8.01. The Morgan fingerprint density at radius 1 is 1.19 bits per heavy atom. The topological polar surface area (TPSA) is 114 Å². The monoisotopic (exact) mass is 468 g/mol. The average molecular weight is 469 g/mol. The van der Waals surface area contributed by atoms with Crippen molar-refractivity contribution >= 4 is 45.6 Å². The molecule has 1 saturated carbocycles. The number of aromatic nitrogens is 1. The molecule has 164 valence electrons. The first kappa shape index (κ1) is 22.0. The quantitative estimate of drug-likeness (QED) is 0.283. The first-order valence-corrected chi connectivity index (χ1v) is 11.8. The minimum atomic E-state index is -0.504. The van der Waals surface area contributed by atoms with Crippen LogP contribution in [0.15, 0.2) is 52.9 Å². The first-order valence-electron chi connectivity index (χ1n) is 9.96. The van der Waals surface area contributed by atoms with Gasteiger partial charge in [-0.25, -0.2) is 4.98 Å². The lowest BCUT2D eigenvalue weighted by Crippen LogP contribution is -2.26. The maximum absolute atomic E-state index is 13.0. The molecule has 0 unspecified atom stereocenters. The number of nitrogens with one attached hydrogen (secondary N) is 2. The largest absolute Gasteiger partial charge is 0.353 e. The molecule has 32 heavy (non-hydrogen) atoms. The van der Waals surface area contributed by atoms with E-state index in [1.165, 1.54) is 35.2 Å². The fourth-order valence-corrected chi connectivity index (χ4v) is 4.97. The number of benzene rings is 2. The summed E-state index contributed by atoms with van der Waals surface area (Å²) < 4.78 is 0.654. The van der Waals surface area contributed by atoms with Gasteiger partial charge in [-0.2, -0.15) is 0 Å². The van der Waals surface area contributed by atoms with Crippen LogP contribution in [0.25, 0.3) is 11.3 Å². The van der Waals surface area contributed by atoms with Gasteiger partial charge in [0.2, 0.25) is 5.91 Å². The summed E-state index contributed by atoms with van der Waals surface area (Å²) in [4.78, 5) is 40.4. The van der Waals surface area contributed by atoms with E-state index in [0.717, 1.165) is 18.4 Å². The smallest absolute Gasteiger partial charge is 0.273 e. The van der Waals surface area contributed by atoms with E-state index in [9.17, 15) is 19.7 Å². The van der Waals surface area contributed by atoms with E-state index in [1.807, 2.05) is 30.3 Å². The molecule has 1 fully saturated rings. The molecule has 3 aromatic rings. The number of amides is 2. The Kier molecular flexibility index (Phi) is 6.52. The summed E-state index contributed by atoms with van der Waals surface area (Å²) in [6, 6.07) is 14.1. The third kappa shape index (κ3) is 5.14. The number of hydrogen-bond donors (Lipinski definition) is 2. The van der Waals surface area contributed by atoms with E-state index in [-0.39, 0.29) is 22.9 Å². The minimum Gasteiger partial charge on any atom is -0.353 e. The third-order valence-electron chi connectivity index (χ3n) is 4.90. The van der Waals surface area contributed by atoms with Crippen molar-refractivity contribution in [2.45, 2.75) is 30.1 Å². The van der Waals surface area contributed by atoms with Crippen LogP contribution in [0.3, 0.4) is 0 Å². The van der Waals surface area contributed by atoms with E-state index >= 15 is 0 Å². The van der Waals surface area contributed by atoms with Crippen molar-refractivity contribution in [3.05, 3.63) is 69.8 Å². The van der Waals surface area contributed by atoms with E-state index in [2.05, 4.69) is 15.6 Å². The van der Waals surface area contributed by atoms with Crippen LogP contribution in [0.2, 0.25) is 0 Å². The number of thiazole rings is 1.